The Morgan fingerprint density at radius 2 is 1.31 bits per heavy atom. The second-order valence-electron chi connectivity index (χ2n) is 10.0. The lowest BCUT2D eigenvalue weighted by Gasteiger charge is -2.18. The van der Waals surface area contributed by atoms with E-state index < -0.39 is 36.6 Å². The number of hydrogen-bond donors (Lipinski definition) is 1. The summed E-state index contributed by atoms with van der Waals surface area (Å²) in [5.74, 6) is -0.686. The molecule has 3 atom stereocenters. The highest BCUT2D eigenvalue weighted by Gasteiger charge is 2.22. The van der Waals surface area contributed by atoms with Crippen LogP contribution in [-0.2, 0) is 34.9 Å². The van der Waals surface area contributed by atoms with Gasteiger partial charge >= 0.3 is 24.4 Å². The minimum Gasteiger partial charge on any atom is -0.458 e. The molecule has 0 saturated carbocycles. The summed E-state index contributed by atoms with van der Waals surface area (Å²) < 4.78 is 36.0. The van der Waals surface area contributed by atoms with Gasteiger partial charge in [0.1, 0.15) is 18.8 Å². The third-order valence-corrected chi connectivity index (χ3v) is 6.02. The fourth-order valence-corrected chi connectivity index (χ4v) is 3.31. The van der Waals surface area contributed by atoms with Crippen LogP contribution in [0.15, 0.2) is 18.2 Å². The highest BCUT2D eigenvalue weighted by atomic mass is 16.7. The quantitative estimate of drug-likeness (QED) is 0.0846. The van der Waals surface area contributed by atoms with E-state index in [4.69, 9.17) is 38.9 Å². The molecular formula is C30H47NO11. The molecule has 0 aliphatic rings. The SMILES string of the molecule is CCCCCOC(=O)Oc1ccc(C[C@H](N)C(=O)O[C@@H](C)COC(=O)OCC(C)CC)cc1OC(=O)OCCCCC. The molecule has 238 valence electrons. The molecule has 1 unspecified atom stereocenters. The monoisotopic (exact) mass is 597 g/mol. The van der Waals surface area contributed by atoms with Gasteiger partial charge in [-0.3, -0.25) is 4.79 Å². The first-order chi connectivity index (χ1) is 20.1. The van der Waals surface area contributed by atoms with Crippen LogP contribution in [0.5, 0.6) is 11.5 Å². The first-order valence-electron chi connectivity index (χ1n) is 14.7. The van der Waals surface area contributed by atoms with Crippen LogP contribution >= 0.6 is 0 Å². The summed E-state index contributed by atoms with van der Waals surface area (Å²) >= 11 is 0. The summed E-state index contributed by atoms with van der Waals surface area (Å²) in [5.41, 5.74) is 6.54. The van der Waals surface area contributed by atoms with Crippen LogP contribution in [0.4, 0.5) is 14.4 Å². The van der Waals surface area contributed by atoms with E-state index in [2.05, 4.69) is 0 Å². The number of unbranched alkanes of at least 4 members (excludes halogenated alkanes) is 4. The number of carbonyl (C=O) groups is 4. The van der Waals surface area contributed by atoms with Crippen LogP contribution in [0.3, 0.4) is 0 Å². The fraction of sp³-hybridized carbons (Fsp3) is 0.667. The smallest absolute Gasteiger partial charge is 0.458 e. The molecule has 0 amide bonds. The van der Waals surface area contributed by atoms with Crippen molar-refractivity contribution in [3.05, 3.63) is 23.8 Å². The maximum atomic E-state index is 12.5. The van der Waals surface area contributed by atoms with Gasteiger partial charge in [0.05, 0.1) is 19.8 Å². The second kappa shape index (κ2) is 21.2. The van der Waals surface area contributed by atoms with Crippen LogP contribution < -0.4 is 15.2 Å². The van der Waals surface area contributed by atoms with Crippen molar-refractivity contribution >= 4 is 24.4 Å². The lowest BCUT2D eigenvalue weighted by atomic mass is 10.1. The molecule has 1 rings (SSSR count). The molecular weight excluding hydrogens is 550 g/mol. The van der Waals surface area contributed by atoms with Gasteiger partial charge in [0.15, 0.2) is 11.5 Å². The summed E-state index contributed by atoms with van der Waals surface area (Å²) in [6.07, 6.45) is 2.44. The van der Waals surface area contributed by atoms with Crippen LogP contribution in [0.1, 0.15) is 85.1 Å². The van der Waals surface area contributed by atoms with Gasteiger partial charge < -0.3 is 38.9 Å². The van der Waals surface area contributed by atoms with E-state index in [9.17, 15) is 19.2 Å². The molecule has 0 saturated heterocycles. The third-order valence-electron chi connectivity index (χ3n) is 6.02. The first-order valence-corrected chi connectivity index (χ1v) is 14.7. The van der Waals surface area contributed by atoms with E-state index in [1.54, 1.807) is 13.0 Å². The van der Waals surface area contributed by atoms with Crippen LogP contribution in [-0.4, -0.2) is 63.0 Å². The number of esters is 1. The predicted molar refractivity (Wildman–Crippen MR) is 153 cm³/mol. The molecule has 0 aliphatic carbocycles. The van der Waals surface area contributed by atoms with Crippen LogP contribution in [0.25, 0.3) is 0 Å². The Morgan fingerprint density at radius 1 is 0.738 bits per heavy atom. The molecule has 0 aromatic heterocycles. The molecule has 2 N–H and O–H groups in total. The topological polar surface area (TPSA) is 159 Å². The number of hydrogen-bond acceptors (Lipinski definition) is 12. The fourth-order valence-electron chi connectivity index (χ4n) is 3.31. The molecule has 0 radical (unpaired) electrons. The predicted octanol–water partition coefficient (Wildman–Crippen LogP) is 6.10. The van der Waals surface area contributed by atoms with E-state index in [1.807, 2.05) is 27.7 Å². The summed E-state index contributed by atoms with van der Waals surface area (Å²) in [6, 6.07) is 3.29. The zero-order chi connectivity index (χ0) is 31.3. The maximum Gasteiger partial charge on any atom is 0.513 e. The maximum absolute atomic E-state index is 12.5. The molecule has 0 bridgehead atoms. The van der Waals surface area contributed by atoms with Gasteiger partial charge in [0.25, 0.3) is 0 Å². The number of nitrogens with two attached hydrogens (primary N) is 1. The highest BCUT2D eigenvalue weighted by molar-refractivity contribution is 5.76. The Kier molecular flexibility index (Phi) is 18.4. The van der Waals surface area contributed by atoms with Crippen molar-refractivity contribution in [1.29, 1.82) is 0 Å². The Labute approximate surface area is 248 Å². The minimum atomic E-state index is -1.09. The summed E-state index contributed by atoms with van der Waals surface area (Å²) in [5, 5.41) is 0. The van der Waals surface area contributed by atoms with E-state index in [-0.39, 0.29) is 50.3 Å². The standard InChI is InChI=1S/C30H47NO11/c1-6-9-11-15-36-29(34)41-25-14-13-23(18-26(25)42-30(35)37-16-12-10-7-2)17-24(31)27(32)40-22(5)20-39-28(33)38-19-21(4)8-3/h13-14,18,21-22,24H,6-12,15-17,19-20,31H2,1-5H3/t21?,22-,24-/m0/s1. The van der Waals surface area contributed by atoms with Crippen LogP contribution in [0.2, 0.25) is 0 Å². The van der Waals surface area contributed by atoms with Crippen LogP contribution in [0, 0.1) is 5.92 Å². The van der Waals surface area contributed by atoms with Gasteiger partial charge in [0, 0.05) is 0 Å². The van der Waals surface area contributed by atoms with Gasteiger partial charge in [0.2, 0.25) is 0 Å². The molecule has 12 heteroatoms. The normalized spacial score (nSPS) is 12.8. The highest BCUT2D eigenvalue weighted by Crippen LogP contribution is 2.30. The van der Waals surface area contributed by atoms with Crippen molar-refractivity contribution in [2.24, 2.45) is 11.7 Å². The first kappa shape index (κ1) is 36.5. The lowest BCUT2D eigenvalue weighted by Crippen LogP contribution is -2.37. The number of benzene rings is 1. The number of carbonyl (C=O) groups excluding carboxylic acids is 4. The Bertz CT molecular complexity index is 969. The van der Waals surface area contributed by atoms with Gasteiger partial charge in [-0.1, -0.05) is 65.9 Å². The summed E-state index contributed by atoms with van der Waals surface area (Å²) in [6.45, 7) is 9.94. The Morgan fingerprint density at radius 3 is 1.88 bits per heavy atom. The van der Waals surface area contributed by atoms with Crippen molar-refractivity contribution < 1.29 is 52.3 Å². The van der Waals surface area contributed by atoms with Gasteiger partial charge in [-0.2, -0.15) is 0 Å². The molecule has 0 spiro atoms. The second-order valence-corrected chi connectivity index (χ2v) is 10.0. The van der Waals surface area contributed by atoms with E-state index in [0.717, 1.165) is 32.1 Å². The molecule has 12 nitrogen and oxygen atoms in total. The molecule has 42 heavy (non-hydrogen) atoms. The summed E-state index contributed by atoms with van der Waals surface area (Å²) in [7, 11) is 0. The molecule has 0 heterocycles. The molecule has 0 fully saturated rings. The van der Waals surface area contributed by atoms with Crippen molar-refractivity contribution in [2.75, 3.05) is 26.4 Å². The minimum absolute atomic E-state index is 0.00695. The molecule has 0 aliphatic heterocycles. The van der Waals surface area contributed by atoms with Gasteiger partial charge in [-0.15, -0.1) is 0 Å². The summed E-state index contributed by atoms with van der Waals surface area (Å²) in [4.78, 5) is 48.7. The largest absolute Gasteiger partial charge is 0.513 e. The number of ether oxygens (including phenoxy) is 7. The van der Waals surface area contributed by atoms with E-state index in [1.165, 1.54) is 12.1 Å². The Hall–Kier alpha value is -3.54. The van der Waals surface area contributed by atoms with E-state index in [0.29, 0.717) is 18.4 Å². The zero-order valence-electron chi connectivity index (χ0n) is 25.5. The zero-order valence-corrected chi connectivity index (χ0v) is 25.5. The number of rotatable bonds is 19. The molecule has 1 aromatic rings. The van der Waals surface area contributed by atoms with Crippen molar-refractivity contribution in [3.63, 3.8) is 0 Å². The molecule has 1 aromatic carbocycles. The average Bonchev–Trinajstić information content (AvgIpc) is 2.96. The average molecular weight is 598 g/mol. The van der Waals surface area contributed by atoms with Gasteiger partial charge in [-0.05, 0) is 49.8 Å². The third kappa shape index (κ3) is 16.0. The lowest BCUT2D eigenvalue weighted by molar-refractivity contribution is -0.152. The van der Waals surface area contributed by atoms with Gasteiger partial charge in [-0.25, -0.2) is 14.4 Å². The van der Waals surface area contributed by atoms with Crippen molar-refractivity contribution in [3.8, 4) is 11.5 Å². The Balaban J connectivity index is 2.78. The van der Waals surface area contributed by atoms with Crippen molar-refractivity contribution in [2.45, 2.75) is 98.1 Å². The van der Waals surface area contributed by atoms with E-state index >= 15 is 0 Å². The van der Waals surface area contributed by atoms with Crippen molar-refractivity contribution in [1.82, 2.24) is 0 Å².